The van der Waals surface area contributed by atoms with Crippen molar-refractivity contribution in [3.8, 4) is 0 Å². The van der Waals surface area contributed by atoms with Crippen LogP contribution in [0.1, 0.15) is 50.3 Å². The molecule has 0 bridgehead atoms. The molecule has 0 fully saturated rings. The number of hydrogen-bond acceptors (Lipinski definition) is 4. The molecule has 2 aromatic rings. The van der Waals surface area contributed by atoms with Crippen molar-refractivity contribution in [2.75, 3.05) is 11.4 Å². The van der Waals surface area contributed by atoms with Crippen molar-refractivity contribution in [1.82, 2.24) is 10.0 Å². The highest BCUT2D eigenvalue weighted by Crippen LogP contribution is 2.30. The van der Waals surface area contributed by atoms with Gasteiger partial charge in [-0.05, 0) is 55.0 Å². The molecule has 1 atom stereocenters. The first-order valence-electron chi connectivity index (χ1n) is 11.4. The van der Waals surface area contributed by atoms with Crippen LogP contribution in [0.25, 0.3) is 0 Å². The van der Waals surface area contributed by atoms with Crippen LogP contribution in [-0.2, 0) is 32.6 Å². The molecule has 0 unspecified atom stereocenters. The van der Waals surface area contributed by atoms with E-state index >= 15 is 0 Å². The highest BCUT2D eigenvalue weighted by atomic mass is 32.2. The first-order valence-corrected chi connectivity index (χ1v) is 12.9. The molecule has 1 aliphatic heterocycles. The van der Waals surface area contributed by atoms with Gasteiger partial charge in [-0.15, -0.1) is 0 Å². The van der Waals surface area contributed by atoms with Gasteiger partial charge in [0.1, 0.15) is 6.04 Å². The summed E-state index contributed by atoms with van der Waals surface area (Å²) in [6.45, 7) is 8.58. The molecular formula is C25H33N3O4S. The standard InChI is InChI=1S/C25H33N3O4S/c1-5-24(29)28-13-12-20-15-21(10-11-23(20)28)33(31,32)27-22(14-17(2)3)25(30)26-16-19-8-6-18(4)7-9-19/h6-11,15,17,22,27H,5,12-14,16H2,1-4H3,(H,26,30)/t22-/m0/s1. The van der Waals surface area contributed by atoms with E-state index < -0.39 is 16.1 Å². The Morgan fingerprint density at radius 2 is 1.79 bits per heavy atom. The van der Waals surface area contributed by atoms with Gasteiger partial charge in [0, 0.05) is 25.2 Å². The summed E-state index contributed by atoms with van der Waals surface area (Å²) in [4.78, 5) is 26.8. The van der Waals surface area contributed by atoms with Crippen LogP contribution in [0.4, 0.5) is 5.69 Å². The van der Waals surface area contributed by atoms with Crippen LogP contribution in [0.2, 0.25) is 0 Å². The van der Waals surface area contributed by atoms with Gasteiger partial charge in [-0.2, -0.15) is 4.72 Å². The first kappa shape index (κ1) is 24.9. The van der Waals surface area contributed by atoms with E-state index in [0.29, 0.717) is 32.4 Å². The van der Waals surface area contributed by atoms with Crippen molar-refractivity contribution in [3.05, 3.63) is 59.2 Å². The van der Waals surface area contributed by atoms with Gasteiger partial charge in [0.15, 0.2) is 0 Å². The van der Waals surface area contributed by atoms with E-state index in [1.165, 1.54) is 6.07 Å². The lowest BCUT2D eigenvalue weighted by Gasteiger charge is -2.21. The summed E-state index contributed by atoms with van der Waals surface area (Å²) in [5.74, 6) is -0.213. The molecule has 2 aromatic carbocycles. The number of sulfonamides is 1. The van der Waals surface area contributed by atoms with Crippen molar-refractivity contribution >= 4 is 27.5 Å². The molecule has 0 saturated carbocycles. The van der Waals surface area contributed by atoms with Crippen molar-refractivity contribution in [2.45, 2.75) is 64.4 Å². The van der Waals surface area contributed by atoms with Crippen molar-refractivity contribution in [2.24, 2.45) is 5.92 Å². The number of nitrogens with one attached hydrogen (secondary N) is 2. The summed E-state index contributed by atoms with van der Waals surface area (Å²) in [7, 11) is -3.92. The number of amides is 2. The van der Waals surface area contributed by atoms with Crippen LogP contribution in [0.5, 0.6) is 0 Å². The van der Waals surface area contributed by atoms with E-state index in [1.54, 1.807) is 17.0 Å². The topological polar surface area (TPSA) is 95.6 Å². The lowest BCUT2D eigenvalue weighted by Crippen LogP contribution is -2.47. The molecule has 0 aromatic heterocycles. The molecule has 33 heavy (non-hydrogen) atoms. The monoisotopic (exact) mass is 471 g/mol. The Balaban J connectivity index is 1.74. The fraction of sp³-hybridized carbons (Fsp3) is 0.440. The van der Waals surface area contributed by atoms with Gasteiger partial charge >= 0.3 is 0 Å². The third-order valence-corrected chi connectivity index (χ3v) is 7.24. The lowest BCUT2D eigenvalue weighted by molar-refractivity contribution is -0.123. The maximum atomic E-state index is 13.1. The molecule has 0 radical (unpaired) electrons. The number of carbonyl (C=O) groups is 2. The van der Waals surface area contributed by atoms with Crippen LogP contribution in [0.15, 0.2) is 47.4 Å². The molecule has 1 aliphatic rings. The van der Waals surface area contributed by atoms with E-state index in [-0.39, 0.29) is 22.6 Å². The number of anilines is 1. The fourth-order valence-electron chi connectivity index (χ4n) is 3.95. The summed E-state index contributed by atoms with van der Waals surface area (Å²) in [5.41, 5.74) is 3.66. The van der Waals surface area contributed by atoms with E-state index in [0.717, 1.165) is 22.4 Å². The molecule has 7 nitrogen and oxygen atoms in total. The largest absolute Gasteiger partial charge is 0.351 e. The van der Waals surface area contributed by atoms with Crippen LogP contribution in [-0.4, -0.2) is 32.8 Å². The van der Waals surface area contributed by atoms with E-state index in [4.69, 9.17) is 0 Å². The van der Waals surface area contributed by atoms with Crippen molar-refractivity contribution in [3.63, 3.8) is 0 Å². The zero-order valence-corrected chi connectivity index (χ0v) is 20.5. The average molecular weight is 472 g/mol. The number of fused-ring (bicyclic) bond motifs is 1. The minimum atomic E-state index is -3.92. The second kappa shape index (κ2) is 10.5. The van der Waals surface area contributed by atoms with Gasteiger partial charge < -0.3 is 10.2 Å². The summed E-state index contributed by atoms with van der Waals surface area (Å²) < 4.78 is 28.9. The normalized spacial score (nSPS) is 14.3. The lowest BCUT2D eigenvalue weighted by atomic mass is 10.0. The second-order valence-corrected chi connectivity index (χ2v) is 10.7. The molecule has 0 aliphatic carbocycles. The third kappa shape index (κ3) is 6.21. The van der Waals surface area contributed by atoms with Gasteiger partial charge in [-0.1, -0.05) is 50.6 Å². The van der Waals surface area contributed by atoms with E-state index in [1.807, 2.05) is 52.0 Å². The molecule has 8 heteroatoms. The molecule has 0 spiro atoms. The fourth-order valence-corrected chi connectivity index (χ4v) is 5.21. The zero-order chi connectivity index (χ0) is 24.2. The number of nitrogens with zero attached hydrogens (tertiary/aromatic N) is 1. The maximum Gasteiger partial charge on any atom is 0.241 e. The van der Waals surface area contributed by atoms with Gasteiger partial charge in [-0.3, -0.25) is 9.59 Å². The quantitative estimate of drug-likeness (QED) is 0.587. The molecule has 3 rings (SSSR count). The van der Waals surface area contributed by atoms with E-state index in [2.05, 4.69) is 10.0 Å². The molecule has 1 heterocycles. The Morgan fingerprint density at radius 3 is 2.42 bits per heavy atom. The van der Waals surface area contributed by atoms with Crippen LogP contribution in [0.3, 0.4) is 0 Å². The summed E-state index contributed by atoms with van der Waals surface area (Å²) in [5, 5.41) is 2.85. The number of aryl methyl sites for hydroxylation is 1. The minimum absolute atomic E-state index is 0.0183. The summed E-state index contributed by atoms with van der Waals surface area (Å²) in [6, 6.07) is 11.7. The highest BCUT2D eigenvalue weighted by Gasteiger charge is 2.29. The smallest absolute Gasteiger partial charge is 0.241 e. The van der Waals surface area contributed by atoms with Gasteiger partial charge in [0.2, 0.25) is 21.8 Å². The van der Waals surface area contributed by atoms with Crippen molar-refractivity contribution < 1.29 is 18.0 Å². The van der Waals surface area contributed by atoms with Gasteiger partial charge in [0.25, 0.3) is 0 Å². The number of benzene rings is 2. The van der Waals surface area contributed by atoms with Crippen LogP contribution in [0, 0.1) is 12.8 Å². The Hall–Kier alpha value is -2.71. The van der Waals surface area contributed by atoms with Crippen LogP contribution >= 0.6 is 0 Å². The van der Waals surface area contributed by atoms with Crippen LogP contribution < -0.4 is 14.9 Å². The zero-order valence-electron chi connectivity index (χ0n) is 19.7. The number of carbonyl (C=O) groups excluding carboxylic acids is 2. The molecule has 178 valence electrons. The minimum Gasteiger partial charge on any atom is -0.351 e. The molecule has 2 amide bonds. The Bertz CT molecular complexity index is 1110. The number of hydrogen-bond donors (Lipinski definition) is 2. The van der Waals surface area contributed by atoms with Gasteiger partial charge in [-0.25, -0.2) is 8.42 Å². The molecular weight excluding hydrogens is 438 g/mol. The summed E-state index contributed by atoms with van der Waals surface area (Å²) >= 11 is 0. The third-order valence-electron chi connectivity index (χ3n) is 5.77. The Labute approximate surface area is 196 Å². The Morgan fingerprint density at radius 1 is 1.09 bits per heavy atom. The molecule has 0 saturated heterocycles. The average Bonchev–Trinajstić information content (AvgIpc) is 3.20. The Kier molecular flexibility index (Phi) is 7.92. The second-order valence-electron chi connectivity index (χ2n) is 8.95. The SMILES string of the molecule is CCC(=O)N1CCc2cc(S(=O)(=O)N[C@@H](CC(C)C)C(=O)NCc3ccc(C)cc3)ccc21. The van der Waals surface area contributed by atoms with Gasteiger partial charge in [0.05, 0.1) is 4.90 Å². The summed E-state index contributed by atoms with van der Waals surface area (Å²) in [6.07, 6.45) is 1.38. The van der Waals surface area contributed by atoms with Crippen molar-refractivity contribution in [1.29, 1.82) is 0 Å². The first-order chi connectivity index (χ1) is 15.6. The molecule has 2 N–H and O–H groups in total. The number of rotatable bonds is 9. The predicted octanol–water partition coefficient (Wildman–Crippen LogP) is 3.30. The highest BCUT2D eigenvalue weighted by molar-refractivity contribution is 7.89. The maximum absolute atomic E-state index is 13.1. The predicted molar refractivity (Wildman–Crippen MR) is 129 cm³/mol. The van der Waals surface area contributed by atoms with E-state index in [9.17, 15) is 18.0 Å².